The van der Waals surface area contributed by atoms with E-state index in [9.17, 15) is 0 Å². The van der Waals surface area contributed by atoms with Gasteiger partial charge in [0.15, 0.2) is 0 Å². The SMILES string of the molecule is CCn1c2ccccc2c2c(Br)cccc21. The van der Waals surface area contributed by atoms with E-state index in [0.29, 0.717) is 0 Å². The summed E-state index contributed by atoms with van der Waals surface area (Å²) in [5.74, 6) is 0. The third kappa shape index (κ3) is 1.23. The molecule has 16 heavy (non-hydrogen) atoms. The first-order valence-electron chi connectivity index (χ1n) is 5.48. The number of fused-ring (bicyclic) bond motifs is 3. The highest BCUT2D eigenvalue weighted by molar-refractivity contribution is 9.10. The Balaban J connectivity index is 2.64. The highest BCUT2D eigenvalue weighted by atomic mass is 79.9. The molecule has 3 aromatic rings. The van der Waals surface area contributed by atoms with Gasteiger partial charge in [0.2, 0.25) is 0 Å². The largest absolute Gasteiger partial charge is 0.341 e. The molecule has 0 atom stereocenters. The average Bonchev–Trinajstić information content (AvgIpc) is 2.64. The number of benzene rings is 2. The Labute approximate surface area is 103 Å². The Morgan fingerprint density at radius 3 is 2.56 bits per heavy atom. The maximum atomic E-state index is 3.65. The number of rotatable bonds is 1. The van der Waals surface area contributed by atoms with Crippen LogP contribution < -0.4 is 0 Å². The normalized spacial score (nSPS) is 11.4. The van der Waals surface area contributed by atoms with E-state index < -0.39 is 0 Å². The summed E-state index contributed by atoms with van der Waals surface area (Å²) in [4.78, 5) is 0. The molecule has 0 saturated carbocycles. The quantitative estimate of drug-likeness (QED) is 0.612. The second kappa shape index (κ2) is 3.63. The van der Waals surface area contributed by atoms with Gasteiger partial charge in [0.25, 0.3) is 0 Å². The van der Waals surface area contributed by atoms with Crippen LogP contribution in [0.2, 0.25) is 0 Å². The zero-order valence-electron chi connectivity index (χ0n) is 9.07. The van der Waals surface area contributed by atoms with Gasteiger partial charge in [0, 0.05) is 27.3 Å². The molecule has 3 rings (SSSR count). The molecule has 0 fully saturated rings. The van der Waals surface area contributed by atoms with E-state index in [0.717, 1.165) is 6.54 Å². The molecule has 0 unspecified atom stereocenters. The Morgan fingerprint density at radius 1 is 1.00 bits per heavy atom. The van der Waals surface area contributed by atoms with Crippen LogP contribution in [0, 0.1) is 0 Å². The number of nitrogens with zero attached hydrogens (tertiary/aromatic N) is 1. The van der Waals surface area contributed by atoms with Crippen molar-refractivity contribution in [3.8, 4) is 0 Å². The van der Waals surface area contributed by atoms with Crippen LogP contribution in [0.25, 0.3) is 21.8 Å². The van der Waals surface area contributed by atoms with E-state index in [-0.39, 0.29) is 0 Å². The summed E-state index contributed by atoms with van der Waals surface area (Å²) in [5.41, 5.74) is 2.62. The van der Waals surface area contributed by atoms with E-state index in [2.05, 4.69) is 69.9 Å². The van der Waals surface area contributed by atoms with Crippen LogP contribution in [-0.2, 0) is 6.54 Å². The molecule has 0 aliphatic rings. The molecule has 0 aliphatic heterocycles. The third-order valence-electron chi connectivity index (χ3n) is 3.06. The summed E-state index contributed by atoms with van der Waals surface area (Å²) in [7, 11) is 0. The lowest BCUT2D eigenvalue weighted by molar-refractivity contribution is 0.827. The van der Waals surface area contributed by atoms with Gasteiger partial charge in [-0.15, -0.1) is 0 Å². The molecule has 0 saturated heterocycles. The van der Waals surface area contributed by atoms with Crippen molar-refractivity contribution in [1.82, 2.24) is 4.57 Å². The van der Waals surface area contributed by atoms with Crippen molar-refractivity contribution >= 4 is 37.7 Å². The highest BCUT2D eigenvalue weighted by Crippen LogP contribution is 2.33. The topological polar surface area (TPSA) is 4.93 Å². The number of hydrogen-bond donors (Lipinski definition) is 0. The van der Waals surface area contributed by atoms with Crippen molar-refractivity contribution in [3.63, 3.8) is 0 Å². The average molecular weight is 274 g/mol. The lowest BCUT2D eigenvalue weighted by atomic mass is 10.2. The Hall–Kier alpha value is -1.28. The maximum Gasteiger partial charge on any atom is 0.0502 e. The third-order valence-corrected chi connectivity index (χ3v) is 3.72. The van der Waals surface area contributed by atoms with Gasteiger partial charge in [0.1, 0.15) is 0 Å². The highest BCUT2D eigenvalue weighted by Gasteiger charge is 2.10. The summed E-state index contributed by atoms with van der Waals surface area (Å²) in [6, 6.07) is 15.0. The predicted molar refractivity (Wildman–Crippen MR) is 72.8 cm³/mol. The minimum atomic E-state index is 1.00. The van der Waals surface area contributed by atoms with E-state index >= 15 is 0 Å². The van der Waals surface area contributed by atoms with Gasteiger partial charge in [-0.25, -0.2) is 0 Å². The Bertz CT molecular complexity index is 667. The summed E-state index contributed by atoms with van der Waals surface area (Å²) >= 11 is 3.65. The van der Waals surface area contributed by atoms with Crippen molar-refractivity contribution in [2.24, 2.45) is 0 Å². The second-order valence-electron chi connectivity index (χ2n) is 3.90. The Kier molecular flexibility index (Phi) is 2.25. The van der Waals surface area contributed by atoms with E-state index in [4.69, 9.17) is 0 Å². The summed E-state index contributed by atoms with van der Waals surface area (Å²) in [6.07, 6.45) is 0. The van der Waals surface area contributed by atoms with Gasteiger partial charge in [-0.2, -0.15) is 0 Å². The van der Waals surface area contributed by atoms with Gasteiger partial charge in [0.05, 0.1) is 5.52 Å². The molecule has 2 aromatic carbocycles. The van der Waals surface area contributed by atoms with E-state index in [1.807, 2.05) is 0 Å². The number of aryl methyl sites for hydroxylation is 1. The molecular formula is C14H12BrN. The molecule has 0 N–H and O–H groups in total. The van der Waals surface area contributed by atoms with Crippen LogP contribution in [0.15, 0.2) is 46.9 Å². The number of halogens is 1. The van der Waals surface area contributed by atoms with E-state index in [1.54, 1.807) is 0 Å². The fourth-order valence-corrected chi connectivity index (χ4v) is 2.96. The molecule has 0 aliphatic carbocycles. The lowest BCUT2D eigenvalue weighted by Crippen LogP contribution is -1.92. The molecule has 80 valence electrons. The van der Waals surface area contributed by atoms with Gasteiger partial charge in [-0.1, -0.05) is 40.2 Å². The summed E-state index contributed by atoms with van der Waals surface area (Å²) in [6.45, 7) is 3.19. The minimum absolute atomic E-state index is 1.00. The van der Waals surface area contributed by atoms with Crippen LogP contribution in [0.5, 0.6) is 0 Å². The molecule has 1 aromatic heterocycles. The number of aromatic nitrogens is 1. The van der Waals surface area contributed by atoms with Crippen LogP contribution in [0.3, 0.4) is 0 Å². The zero-order valence-corrected chi connectivity index (χ0v) is 10.7. The molecule has 0 bridgehead atoms. The molecule has 0 radical (unpaired) electrons. The van der Waals surface area contributed by atoms with Crippen LogP contribution in [-0.4, -0.2) is 4.57 Å². The van der Waals surface area contributed by atoms with Crippen LogP contribution in [0.4, 0.5) is 0 Å². The fraction of sp³-hybridized carbons (Fsp3) is 0.143. The van der Waals surface area contributed by atoms with Gasteiger partial charge < -0.3 is 4.57 Å². The first-order chi connectivity index (χ1) is 7.83. The first kappa shape index (κ1) is 9.91. The van der Waals surface area contributed by atoms with Crippen molar-refractivity contribution in [1.29, 1.82) is 0 Å². The lowest BCUT2D eigenvalue weighted by Gasteiger charge is -2.02. The predicted octanol–water partition coefficient (Wildman–Crippen LogP) is 4.58. The number of hydrogen-bond acceptors (Lipinski definition) is 0. The smallest absolute Gasteiger partial charge is 0.0502 e. The summed E-state index contributed by atoms with van der Waals surface area (Å²) in [5, 5.41) is 2.65. The monoisotopic (exact) mass is 273 g/mol. The second-order valence-corrected chi connectivity index (χ2v) is 4.75. The minimum Gasteiger partial charge on any atom is -0.341 e. The molecule has 1 heterocycles. The fourth-order valence-electron chi connectivity index (χ4n) is 2.40. The molecule has 2 heteroatoms. The molecule has 0 spiro atoms. The maximum absolute atomic E-state index is 3.65. The molecule has 1 nitrogen and oxygen atoms in total. The number of para-hydroxylation sites is 1. The van der Waals surface area contributed by atoms with Crippen LogP contribution >= 0.6 is 15.9 Å². The first-order valence-corrected chi connectivity index (χ1v) is 6.27. The van der Waals surface area contributed by atoms with E-state index in [1.165, 1.54) is 26.3 Å². The van der Waals surface area contributed by atoms with Crippen molar-refractivity contribution in [2.45, 2.75) is 13.5 Å². The molecular weight excluding hydrogens is 262 g/mol. The van der Waals surface area contributed by atoms with Crippen molar-refractivity contribution in [2.75, 3.05) is 0 Å². The van der Waals surface area contributed by atoms with Crippen molar-refractivity contribution in [3.05, 3.63) is 46.9 Å². The van der Waals surface area contributed by atoms with Crippen molar-refractivity contribution < 1.29 is 0 Å². The van der Waals surface area contributed by atoms with Crippen LogP contribution in [0.1, 0.15) is 6.92 Å². The summed E-state index contributed by atoms with van der Waals surface area (Å²) < 4.78 is 3.53. The zero-order chi connectivity index (χ0) is 11.1. The standard InChI is InChI=1S/C14H12BrN/c1-2-16-12-8-4-3-6-10(12)14-11(15)7-5-9-13(14)16/h3-9H,2H2,1H3. The molecule has 0 amide bonds. The Morgan fingerprint density at radius 2 is 1.75 bits per heavy atom. The van der Waals surface area contributed by atoms with Gasteiger partial charge >= 0.3 is 0 Å². The van der Waals surface area contributed by atoms with Gasteiger partial charge in [-0.05, 0) is 25.1 Å². The van der Waals surface area contributed by atoms with Gasteiger partial charge in [-0.3, -0.25) is 0 Å².